The van der Waals surface area contributed by atoms with Crippen LogP contribution in [0.15, 0.2) is 42.5 Å². The molecule has 0 aromatic heterocycles. The van der Waals surface area contributed by atoms with Gasteiger partial charge >= 0.3 is 0 Å². The molecule has 5 heteroatoms. The Balaban J connectivity index is 2.18. The third-order valence-corrected chi connectivity index (χ3v) is 3.48. The second-order valence-corrected chi connectivity index (χ2v) is 5.10. The molecular formula is C16H16ClFN2O. The zero-order valence-electron chi connectivity index (χ0n) is 11.8. The van der Waals surface area contributed by atoms with Gasteiger partial charge in [0.1, 0.15) is 5.82 Å². The lowest BCUT2D eigenvalue weighted by Gasteiger charge is -2.16. The first-order valence-corrected chi connectivity index (χ1v) is 6.93. The van der Waals surface area contributed by atoms with Crippen molar-refractivity contribution >= 4 is 23.2 Å². The Labute approximate surface area is 128 Å². The fourth-order valence-electron chi connectivity index (χ4n) is 2.08. The summed E-state index contributed by atoms with van der Waals surface area (Å²) in [4.78, 5) is 12.3. The molecule has 21 heavy (non-hydrogen) atoms. The maximum atomic E-state index is 13.7. The molecule has 3 nitrogen and oxygen atoms in total. The van der Waals surface area contributed by atoms with Crippen molar-refractivity contribution < 1.29 is 9.18 Å². The number of carbonyl (C=O) groups excluding carboxylic acids is 1. The molecule has 0 heterocycles. The Bertz CT molecular complexity index is 643. The number of hydrogen-bond donors (Lipinski definition) is 2. The number of hydrogen-bond acceptors (Lipinski definition) is 2. The number of halogens is 2. The average Bonchev–Trinajstić information content (AvgIpc) is 2.47. The molecule has 0 radical (unpaired) electrons. The van der Waals surface area contributed by atoms with E-state index in [9.17, 15) is 9.18 Å². The first-order valence-electron chi connectivity index (χ1n) is 6.55. The van der Waals surface area contributed by atoms with Gasteiger partial charge in [0, 0.05) is 12.1 Å². The summed E-state index contributed by atoms with van der Waals surface area (Å²) in [7, 11) is 1.58. The molecule has 0 aliphatic heterocycles. The lowest BCUT2D eigenvalue weighted by molar-refractivity contribution is 0.0940. The highest BCUT2D eigenvalue weighted by atomic mass is 35.5. The molecule has 0 aliphatic carbocycles. The van der Waals surface area contributed by atoms with Crippen molar-refractivity contribution in [3.8, 4) is 0 Å². The minimum absolute atomic E-state index is 0.193. The molecule has 0 saturated heterocycles. The second kappa shape index (κ2) is 6.59. The molecule has 1 unspecified atom stereocenters. The van der Waals surface area contributed by atoms with Gasteiger partial charge in [0.05, 0.1) is 17.3 Å². The van der Waals surface area contributed by atoms with E-state index in [1.54, 1.807) is 25.2 Å². The summed E-state index contributed by atoms with van der Waals surface area (Å²) >= 11 is 5.84. The van der Waals surface area contributed by atoms with E-state index in [2.05, 4.69) is 10.6 Å². The SMILES string of the molecule is CNc1c(F)cccc1C(=O)NC(C)c1ccc(Cl)cc1. The molecular weight excluding hydrogens is 291 g/mol. The van der Waals surface area contributed by atoms with Crippen molar-refractivity contribution in [2.24, 2.45) is 0 Å². The maximum Gasteiger partial charge on any atom is 0.253 e. The monoisotopic (exact) mass is 306 g/mol. The van der Waals surface area contributed by atoms with Gasteiger partial charge in [-0.15, -0.1) is 0 Å². The van der Waals surface area contributed by atoms with Crippen LogP contribution in [0.2, 0.25) is 5.02 Å². The Hall–Kier alpha value is -2.07. The van der Waals surface area contributed by atoms with Crippen molar-refractivity contribution in [3.05, 3.63) is 64.4 Å². The number of anilines is 1. The number of benzene rings is 2. The molecule has 1 atom stereocenters. The van der Waals surface area contributed by atoms with Gasteiger partial charge in [-0.25, -0.2) is 4.39 Å². The van der Waals surface area contributed by atoms with E-state index >= 15 is 0 Å². The van der Waals surface area contributed by atoms with Crippen LogP contribution in [-0.4, -0.2) is 13.0 Å². The number of rotatable bonds is 4. The minimum Gasteiger partial charge on any atom is -0.385 e. The van der Waals surface area contributed by atoms with Gasteiger partial charge in [-0.1, -0.05) is 29.8 Å². The number of para-hydroxylation sites is 1. The lowest BCUT2D eigenvalue weighted by Crippen LogP contribution is -2.27. The Morgan fingerprint density at radius 3 is 2.48 bits per heavy atom. The summed E-state index contributed by atoms with van der Waals surface area (Å²) in [6, 6.07) is 11.4. The average molecular weight is 307 g/mol. The van der Waals surface area contributed by atoms with Gasteiger partial charge in [0.2, 0.25) is 0 Å². The highest BCUT2D eigenvalue weighted by Gasteiger charge is 2.16. The topological polar surface area (TPSA) is 41.1 Å². The fourth-order valence-corrected chi connectivity index (χ4v) is 2.20. The van der Waals surface area contributed by atoms with Gasteiger partial charge in [-0.2, -0.15) is 0 Å². The molecule has 0 fully saturated rings. The van der Waals surface area contributed by atoms with Crippen molar-refractivity contribution in [2.75, 3.05) is 12.4 Å². The summed E-state index contributed by atoms with van der Waals surface area (Å²) in [6.07, 6.45) is 0. The molecule has 1 amide bonds. The van der Waals surface area contributed by atoms with E-state index in [-0.39, 0.29) is 23.2 Å². The highest BCUT2D eigenvalue weighted by molar-refractivity contribution is 6.30. The van der Waals surface area contributed by atoms with E-state index in [1.807, 2.05) is 19.1 Å². The normalized spacial score (nSPS) is 11.8. The summed E-state index contributed by atoms with van der Waals surface area (Å²) in [5.74, 6) is -0.786. The Kier molecular flexibility index (Phi) is 4.81. The van der Waals surface area contributed by atoms with E-state index in [0.29, 0.717) is 5.02 Å². The van der Waals surface area contributed by atoms with Crippen LogP contribution < -0.4 is 10.6 Å². The fraction of sp³-hybridized carbons (Fsp3) is 0.188. The van der Waals surface area contributed by atoms with Gasteiger partial charge < -0.3 is 10.6 Å². The minimum atomic E-state index is -0.454. The first-order chi connectivity index (χ1) is 10.0. The number of carbonyl (C=O) groups is 1. The van der Waals surface area contributed by atoms with Crippen molar-refractivity contribution in [2.45, 2.75) is 13.0 Å². The van der Waals surface area contributed by atoms with Crippen LogP contribution in [0.1, 0.15) is 28.9 Å². The third kappa shape index (κ3) is 3.52. The predicted octanol–water partition coefficient (Wildman–Crippen LogP) is 4.01. The van der Waals surface area contributed by atoms with E-state index in [1.165, 1.54) is 12.1 Å². The standard InChI is InChI=1S/C16H16ClFN2O/c1-10(11-6-8-12(17)9-7-11)20-16(21)13-4-3-5-14(18)15(13)19-2/h3-10,19H,1-2H3,(H,20,21). The maximum absolute atomic E-state index is 13.7. The summed E-state index contributed by atoms with van der Waals surface area (Å²) in [5.41, 5.74) is 1.40. The number of amides is 1. The molecule has 2 N–H and O–H groups in total. The van der Waals surface area contributed by atoms with E-state index in [0.717, 1.165) is 5.56 Å². The van der Waals surface area contributed by atoms with Gasteiger partial charge in [-0.3, -0.25) is 4.79 Å². The Morgan fingerprint density at radius 1 is 1.19 bits per heavy atom. The quantitative estimate of drug-likeness (QED) is 0.896. The van der Waals surface area contributed by atoms with E-state index < -0.39 is 5.82 Å². The summed E-state index contributed by atoms with van der Waals surface area (Å²) in [6.45, 7) is 1.86. The van der Waals surface area contributed by atoms with Crippen molar-refractivity contribution in [3.63, 3.8) is 0 Å². The Morgan fingerprint density at radius 2 is 1.86 bits per heavy atom. The smallest absolute Gasteiger partial charge is 0.253 e. The van der Waals surface area contributed by atoms with Gasteiger partial charge in [0.25, 0.3) is 5.91 Å². The highest BCUT2D eigenvalue weighted by Crippen LogP contribution is 2.21. The lowest BCUT2D eigenvalue weighted by atomic mass is 10.1. The van der Waals surface area contributed by atoms with Crippen LogP contribution in [0.25, 0.3) is 0 Å². The van der Waals surface area contributed by atoms with Crippen molar-refractivity contribution in [1.82, 2.24) is 5.32 Å². The van der Waals surface area contributed by atoms with E-state index in [4.69, 9.17) is 11.6 Å². The molecule has 0 bridgehead atoms. The van der Waals surface area contributed by atoms with Crippen LogP contribution in [0, 0.1) is 5.82 Å². The zero-order valence-corrected chi connectivity index (χ0v) is 12.5. The second-order valence-electron chi connectivity index (χ2n) is 4.66. The predicted molar refractivity (Wildman–Crippen MR) is 83.3 cm³/mol. The zero-order chi connectivity index (χ0) is 15.4. The molecule has 2 aromatic carbocycles. The molecule has 0 aliphatic rings. The summed E-state index contributed by atoms with van der Waals surface area (Å²) in [5, 5.41) is 6.20. The molecule has 2 rings (SSSR count). The van der Waals surface area contributed by atoms with Crippen LogP contribution >= 0.6 is 11.6 Å². The molecule has 0 saturated carbocycles. The first kappa shape index (κ1) is 15.3. The third-order valence-electron chi connectivity index (χ3n) is 3.23. The number of nitrogens with one attached hydrogen (secondary N) is 2. The summed E-state index contributed by atoms with van der Waals surface area (Å²) < 4.78 is 13.7. The van der Waals surface area contributed by atoms with Crippen LogP contribution in [-0.2, 0) is 0 Å². The van der Waals surface area contributed by atoms with Gasteiger partial charge in [-0.05, 0) is 36.8 Å². The molecule has 2 aromatic rings. The van der Waals surface area contributed by atoms with Gasteiger partial charge in [0.15, 0.2) is 0 Å². The largest absolute Gasteiger partial charge is 0.385 e. The molecule has 110 valence electrons. The van der Waals surface area contributed by atoms with Crippen LogP contribution in [0.4, 0.5) is 10.1 Å². The van der Waals surface area contributed by atoms with Crippen molar-refractivity contribution in [1.29, 1.82) is 0 Å². The van der Waals surface area contributed by atoms with Crippen LogP contribution in [0.5, 0.6) is 0 Å². The molecule has 0 spiro atoms. The van der Waals surface area contributed by atoms with Crippen LogP contribution in [0.3, 0.4) is 0 Å².